The van der Waals surface area contributed by atoms with E-state index in [4.69, 9.17) is 0 Å². The third-order valence-electron chi connectivity index (χ3n) is 5.48. The van der Waals surface area contributed by atoms with E-state index in [1.807, 2.05) is 18.7 Å². The largest absolute Gasteiger partial charge is 0.386 e. The Morgan fingerprint density at radius 1 is 1.25 bits per heavy atom. The van der Waals surface area contributed by atoms with Gasteiger partial charge in [-0.2, -0.15) is 0 Å². The van der Waals surface area contributed by atoms with Gasteiger partial charge in [-0.25, -0.2) is 0 Å². The van der Waals surface area contributed by atoms with E-state index < -0.39 is 5.60 Å². The zero-order valence-corrected chi connectivity index (χ0v) is 13.4. The molecule has 1 saturated carbocycles. The van der Waals surface area contributed by atoms with Crippen LogP contribution in [0.25, 0.3) is 0 Å². The maximum atomic E-state index is 12.4. The van der Waals surface area contributed by atoms with E-state index in [0.29, 0.717) is 19.0 Å². The molecule has 0 aromatic carbocycles. The number of likely N-dealkylation sites (tertiary alicyclic amines) is 1. The third kappa shape index (κ3) is 3.36. The lowest BCUT2D eigenvalue weighted by molar-refractivity contribution is -0.168. The van der Waals surface area contributed by atoms with E-state index in [1.54, 1.807) is 0 Å². The molecule has 0 radical (unpaired) electrons. The molecule has 2 rings (SSSR count). The standard InChI is InChI=1S/C17H31NO2/c1-4-5-6-14-7-9-15(10-8-14)16(19)18-11-17(20,12-18)13(2)3/h13-15,20H,4-12H2,1-3H3. The van der Waals surface area contributed by atoms with Crippen LogP contribution in [0, 0.1) is 17.8 Å². The predicted octanol–water partition coefficient (Wildman–Crippen LogP) is 3.21. The molecule has 0 aromatic heterocycles. The average Bonchev–Trinajstić information content (AvgIpc) is 2.41. The van der Waals surface area contributed by atoms with Gasteiger partial charge in [-0.3, -0.25) is 4.79 Å². The van der Waals surface area contributed by atoms with Crippen molar-refractivity contribution in [3.8, 4) is 0 Å². The summed E-state index contributed by atoms with van der Waals surface area (Å²) in [7, 11) is 0. The molecular weight excluding hydrogens is 250 g/mol. The van der Waals surface area contributed by atoms with Gasteiger partial charge in [0.1, 0.15) is 5.60 Å². The molecule has 20 heavy (non-hydrogen) atoms. The molecule has 1 saturated heterocycles. The Bertz CT molecular complexity index is 326. The second-order valence-corrected chi connectivity index (χ2v) is 7.31. The molecule has 2 fully saturated rings. The van der Waals surface area contributed by atoms with Crippen LogP contribution < -0.4 is 0 Å². The van der Waals surface area contributed by atoms with Gasteiger partial charge in [0, 0.05) is 5.92 Å². The fraction of sp³-hybridized carbons (Fsp3) is 0.941. The van der Waals surface area contributed by atoms with Crippen molar-refractivity contribution >= 4 is 5.91 Å². The topological polar surface area (TPSA) is 40.5 Å². The molecule has 1 amide bonds. The monoisotopic (exact) mass is 281 g/mol. The first kappa shape index (κ1) is 15.8. The highest BCUT2D eigenvalue weighted by Gasteiger charge is 2.47. The Morgan fingerprint density at radius 2 is 1.85 bits per heavy atom. The van der Waals surface area contributed by atoms with Crippen molar-refractivity contribution in [2.24, 2.45) is 17.8 Å². The number of β-amino-alcohol motifs (C(OH)–C–C–N with tert-alkyl or cyclic N) is 1. The van der Waals surface area contributed by atoms with Gasteiger partial charge in [0.05, 0.1) is 13.1 Å². The Morgan fingerprint density at radius 3 is 2.35 bits per heavy atom. The summed E-state index contributed by atoms with van der Waals surface area (Å²) in [5, 5.41) is 10.3. The summed E-state index contributed by atoms with van der Waals surface area (Å²) in [6.07, 6.45) is 8.51. The van der Waals surface area contributed by atoms with Gasteiger partial charge in [0.25, 0.3) is 0 Å². The number of carbonyl (C=O) groups is 1. The van der Waals surface area contributed by atoms with Crippen LogP contribution in [0.3, 0.4) is 0 Å². The lowest BCUT2D eigenvalue weighted by Gasteiger charge is -2.50. The zero-order valence-electron chi connectivity index (χ0n) is 13.4. The van der Waals surface area contributed by atoms with Gasteiger partial charge >= 0.3 is 0 Å². The van der Waals surface area contributed by atoms with Gasteiger partial charge in [0.2, 0.25) is 5.91 Å². The number of hydrogen-bond acceptors (Lipinski definition) is 2. The minimum atomic E-state index is -0.631. The van der Waals surface area contributed by atoms with Crippen molar-refractivity contribution in [1.82, 2.24) is 4.90 Å². The summed E-state index contributed by atoms with van der Waals surface area (Å²) in [5.41, 5.74) is -0.631. The molecule has 0 atom stereocenters. The van der Waals surface area contributed by atoms with Crippen LogP contribution in [-0.4, -0.2) is 34.6 Å². The first-order valence-electron chi connectivity index (χ1n) is 8.47. The van der Waals surface area contributed by atoms with Crippen LogP contribution >= 0.6 is 0 Å². The number of carbonyl (C=O) groups excluding carboxylic acids is 1. The van der Waals surface area contributed by atoms with Crippen LogP contribution in [0.1, 0.15) is 65.7 Å². The molecule has 1 aliphatic heterocycles. The fourth-order valence-corrected chi connectivity index (χ4v) is 3.58. The fourth-order valence-electron chi connectivity index (χ4n) is 3.58. The van der Waals surface area contributed by atoms with Crippen molar-refractivity contribution < 1.29 is 9.90 Å². The van der Waals surface area contributed by atoms with Crippen LogP contribution in [-0.2, 0) is 4.79 Å². The smallest absolute Gasteiger partial charge is 0.225 e. The Balaban J connectivity index is 1.74. The minimum absolute atomic E-state index is 0.226. The van der Waals surface area contributed by atoms with E-state index in [0.717, 1.165) is 18.8 Å². The van der Waals surface area contributed by atoms with E-state index in [1.165, 1.54) is 32.1 Å². The highest BCUT2D eigenvalue weighted by atomic mass is 16.3. The van der Waals surface area contributed by atoms with Gasteiger partial charge < -0.3 is 10.0 Å². The molecule has 1 aliphatic carbocycles. The maximum absolute atomic E-state index is 12.4. The molecule has 3 heteroatoms. The summed E-state index contributed by atoms with van der Waals surface area (Å²) in [6.45, 7) is 7.38. The lowest BCUT2D eigenvalue weighted by atomic mass is 9.77. The second-order valence-electron chi connectivity index (χ2n) is 7.31. The molecular formula is C17H31NO2. The second kappa shape index (κ2) is 6.46. The van der Waals surface area contributed by atoms with Gasteiger partial charge in [-0.05, 0) is 37.5 Å². The molecule has 0 spiro atoms. The Labute approximate surface area is 123 Å². The molecule has 0 unspecified atom stereocenters. The molecule has 0 bridgehead atoms. The molecule has 3 nitrogen and oxygen atoms in total. The average molecular weight is 281 g/mol. The van der Waals surface area contributed by atoms with Crippen molar-refractivity contribution in [3.63, 3.8) is 0 Å². The number of aliphatic hydroxyl groups is 1. The van der Waals surface area contributed by atoms with Crippen LogP contribution in [0.5, 0.6) is 0 Å². The molecule has 1 heterocycles. The highest BCUT2D eigenvalue weighted by molar-refractivity contribution is 5.80. The highest BCUT2D eigenvalue weighted by Crippen LogP contribution is 2.36. The Hall–Kier alpha value is -0.570. The number of nitrogens with zero attached hydrogens (tertiary/aromatic N) is 1. The molecule has 0 aromatic rings. The minimum Gasteiger partial charge on any atom is -0.386 e. The normalized spacial score (nSPS) is 29.4. The van der Waals surface area contributed by atoms with Gasteiger partial charge in [0.15, 0.2) is 0 Å². The van der Waals surface area contributed by atoms with Crippen LogP contribution in [0.4, 0.5) is 0 Å². The van der Waals surface area contributed by atoms with Crippen molar-refractivity contribution in [2.45, 2.75) is 71.3 Å². The molecule has 116 valence electrons. The maximum Gasteiger partial charge on any atom is 0.225 e. The summed E-state index contributed by atoms with van der Waals surface area (Å²) < 4.78 is 0. The molecule has 2 aliphatic rings. The summed E-state index contributed by atoms with van der Waals surface area (Å²) in [4.78, 5) is 14.3. The zero-order chi connectivity index (χ0) is 14.8. The number of rotatable bonds is 5. The number of hydrogen-bond donors (Lipinski definition) is 1. The van der Waals surface area contributed by atoms with Gasteiger partial charge in [-0.1, -0.05) is 40.0 Å². The van der Waals surface area contributed by atoms with Crippen LogP contribution in [0.15, 0.2) is 0 Å². The van der Waals surface area contributed by atoms with E-state index in [2.05, 4.69) is 6.92 Å². The van der Waals surface area contributed by atoms with Crippen LogP contribution in [0.2, 0.25) is 0 Å². The van der Waals surface area contributed by atoms with E-state index in [9.17, 15) is 9.90 Å². The van der Waals surface area contributed by atoms with Gasteiger partial charge in [-0.15, -0.1) is 0 Å². The molecule has 1 N–H and O–H groups in total. The first-order chi connectivity index (χ1) is 9.46. The van der Waals surface area contributed by atoms with Crippen molar-refractivity contribution in [3.05, 3.63) is 0 Å². The number of amides is 1. The first-order valence-corrected chi connectivity index (χ1v) is 8.47. The van der Waals surface area contributed by atoms with E-state index >= 15 is 0 Å². The van der Waals surface area contributed by atoms with E-state index in [-0.39, 0.29) is 11.8 Å². The third-order valence-corrected chi connectivity index (χ3v) is 5.48. The summed E-state index contributed by atoms with van der Waals surface area (Å²) in [5.74, 6) is 1.60. The lowest BCUT2D eigenvalue weighted by Crippen LogP contribution is -2.66. The SMILES string of the molecule is CCCCC1CCC(C(=O)N2CC(O)(C(C)C)C2)CC1. The number of unbranched alkanes of at least 4 members (excludes halogenated alkanes) is 1. The van der Waals surface area contributed by atoms with Crippen molar-refractivity contribution in [1.29, 1.82) is 0 Å². The predicted molar refractivity (Wildman–Crippen MR) is 81.3 cm³/mol. The summed E-state index contributed by atoms with van der Waals surface area (Å²) >= 11 is 0. The quantitative estimate of drug-likeness (QED) is 0.840. The summed E-state index contributed by atoms with van der Waals surface area (Å²) in [6, 6.07) is 0. The van der Waals surface area contributed by atoms with Crippen molar-refractivity contribution in [2.75, 3.05) is 13.1 Å². The Kier molecular flexibility index (Phi) is 5.11.